The highest BCUT2D eigenvalue weighted by Gasteiger charge is 2.36. The Morgan fingerprint density at radius 3 is 3.08 bits per heavy atom. The van der Waals surface area contributed by atoms with Crippen LogP contribution < -0.4 is 0 Å². The molecule has 24 heavy (non-hydrogen) atoms. The van der Waals surface area contributed by atoms with Crippen molar-refractivity contribution >= 4 is 22.4 Å². The molecule has 0 spiro atoms. The van der Waals surface area contributed by atoms with Crippen molar-refractivity contribution in [2.75, 3.05) is 26.7 Å². The van der Waals surface area contributed by atoms with Gasteiger partial charge in [0.25, 0.3) is 0 Å². The number of amides is 1. The summed E-state index contributed by atoms with van der Waals surface area (Å²) in [5, 5.41) is 0.985. The van der Waals surface area contributed by atoms with Gasteiger partial charge in [0, 0.05) is 51.0 Å². The molecule has 1 amide bonds. The molecule has 1 aromatic carbocycles. The number of hydrogen-bond acceptors (Lipinski definition) is 2. The molecule has 0 saturated carbocycles. The van der Waals surface area contributed by atoms with Crippen LogP contribution in [-0.2, 0) is 11.2 Å². The molecule has 0 bridgehead atoms. The summed E-state index contributed by atoms with van der Waals surface area (Å²) in [4.78, 5) is 19.4. The van der Waals surface area contributed by atoms with E-state index in [0.29, 0.717) is 19.1 Å². The van der Waals surface area contributed by atoms with Gasteiger partial charge in [-0.3, -0.25) is 9.69 Å². The molecule has 4 heteroatoms. The number of fused-ring (bicyclic) bond motifs is 2. The van der Waals surface area contributed by atoms with Crippen LogP contribution in [0.25, 0.3) is 16.5 Å². The molecular weight excluding hydrogens is 298 g/mol. The molecule has 0 radical (unpaired) electrons. The Morgan fingerprint density at radius 1 is 1.46 bits per heavy atom. The summed E-state index contributed by atoms with van der Waals surface area (Å²) in [5.41, 5.74) is 3.75. The van der Waals surface area contributed by atoms with Crippen LogP contribution in [0.5, 0.6) is 0 Å². The third-order valence-corrected chi connectivity index (χ3v) is 5.19. The summed E-state index contributed by atoms with van der Waals surface area (Å²) in [6, 6.07) is 5.80. The van der Waals surface area contributed by atoms with Crippen LogP contribution in [0.3, 0.4) is 0 Å². The minimum atomic E-state index is -2.45. The maximum Gasteiger partial charge on any atom is 0.230 e. The molecule has 2 aromatic rings. The molecule has 0 fully saturated rings. The van der Waals surface area contributed by atoms with Crippen molar-refractivity contribution in [1.29, 1.82) is 0 Å². The van der Waals surface area contributed by atoms with Crippen molar-refractivity contribution in [2.24, 2.45) is 5.92 Å². The SMILES string of the molecule is [2H]c1[nH]c2cccc3c2c1C[C@@H]1C3=C[C@@H](C(=O)N(CC([2H])([2H])[2H])CC([2H])([2H])[2H])CN1C. The van der Waals surface area contributed by atoms with E-state index in [-0.39, 0.29) is 6.04 Å². The van der Waals surface area contributed by atoms with Crippen LogP contribution >= 0.6 is 0 Å². The molecule has 1 aromatic heterocycles. The number of carbonyl (C=O) groups excluding carboxylic acids is 1. The average molecular weight is 330 g/mol. The number of likely N-dealkylation sites (N-methyl/N-ethyl adjacent to an activating group) is 1. The third kappa shape index (κ3) is 2.20. The predicted octanol–water partition coefficient (Wildman–Crippen LogP) is 2.91. The lowest BCUT2D eigenvalue weighted by Crippen LogP contribution is -2.47. The molecule has 1 N–H and O–H groups in total. The number of carbonyl (C=O) groups is 1. The Balaban J connectivity index is 1.73. The maximum atomic E-state index is 13.3. The van der Waals surface area contributed by atoms with E-state index in [1.54, 1.807) is 0 Å². The number of nitrogens with zero attached hydrogens (tertiary/aromatic N) is 2. The first kappa shape index (κ1) is 9.42. The summed E-state index contributed by atoms with van der Waals surface area (Å²) in [6.07, 6.45) is 2.91. The van der Waals surface area contributed by atoms with Gasteiger partial charge in [0.2, 0.25) is 5.91 Å². The van der Waals surface area contributed by atoms with Crippen molar-refractivity contribution in [3.63, 3.8) is 0 Å². The molecule has 0 unspecified atom stereocenters. The number of aromatic amines is 1. The third-order valence-electron chi connectivity index (χ3n) is 5.19. The molecule has 4 rings (SSSR count). The fourth-order valence-corrected chi connectivity index (χ4v) is 3.96. The number of hydrogen-bond donors (Lipinski definition) is 1. The summed E-state index contributed by atoms with van der Waals surface area (Å²) >= 11 is 0. The van der Waals surface area contributed by atoms with Crippen molar-refractivity contribution in [2.45, 2.75) is 26.2 Å². The molecule has 0 saturated heterocycles. The van der Waals surface area contributed by atoms with Crippen LogP contribution in [0.1, 0.15) is 34.4 Å². The first-order valence-electron chi connectivity index (χ1n) is 11.7. The van der Waals surface area contributed by atoms with Crippen LogP contribution in [0.4, 0.5) is 0 Å². The van der Waals surface area contributed by atoms with Gasteiger partial charge in [0.05, 0.1) is 7.29 Å². The molecule has 126 valence electrons. The molecule has 1 aliphatic heterocycles. The van der Waals surface area contributed by atoms with Crippen LogP contribution in [0, 0.1) is 5.92 Å². The van der Waals surface area contributed by atoms with Crippen LogP contribution in [0.15, 0.2) is 30.4 Å². The normalized spacial score (nSPS) is 28.4. The van der Waals surface area contributed by atoms with Crippen molar-refractivity contribution in [3.8, 4) is 0 Å². The highest BCUT2D eigenvalue weighted by molar-refractivity contribution is 5.99. The van der Waals surface area contributed by atoms with Gasteiger partial charge < -0.3 is 9.88 Å². The molecule has 1 aliphatic carbocycles. The van der Waals surface area contributed by atoms with Gasteiger partial charge >= 0.3 is 0 Å². The molecule has 2 aliphatic rings. The molecule has 2 atom stereocenters. The van der Waals surface area contributed by atoms with Crippen molar-refractivity contribution in [3.05, 3.63) is 41.6 Å². The summed E-state index contributed by atoms with van der Waals surface area (Å²) in [7, 11) is 1.90. The van der Waals surface area contributed by atoms with Gasteiger partial charge in [-0.2, -0.15) is 0 Å². The highest BCUT2D eigenvalue weighted by atomic mass is 16.2. The van der Waals surface area contributed by atoms with E-state index >= 15 is 0 Å². The number of aromatic nitrogens is 1. The lowest BCUT2D eigenvalue weighted by Gasteiger charge is -2.40. The van der Waals surface area contributed by atoms with Gasteiger partial charge in [-0.05, 0) is 49.9 Å². The first-order valence-corrected chi connectivity index (χ1v) is 8.15. The number of nitrogens with one attached hydrogen (secondary N) is 1. The van der Waals surface area contributed by atoms with Gasteiger partial charge in [-0.25, -0.2) is 0 Å². The second-order valence-electron chi connectivity index (χ2n) is 6.54. The zero-order chi connectivity index (χ0) is 22.7. The molecule has 2 heterocycles. The van der Waals surface area contributed by atoms with Gasteiger partial charge in [0.1, 0.15) is 0 Å². The van der Waals surface area contributed by atoms with E-state index in [4.69, 9.17) is 9.60 Å². The van der Waals surface area contributed by atoms with Crippen LogP contribution in [-0.4, -0.2) is 53.4 Å². The Hall–Kier alpha value is -2.07. The van der Waals surface area contributed by atoms with Crippen molar-refractivity contribution in [1.82, 2.24) is 14.8 Å². The van der Waals surface area contributed by atoms with E-state index in [0.717, 1.165) is 32.5 Å². The number of H-pyrrole nitrogens is 1. The van der Waals surface area contributed by atoms with Crippen molar-refractivity contribution < 1.29 is 14.4 Å². The minimum Gasteiger partial charge on any atom is -0.361 e. The minimum absolute atomic E-state index is 0.000678. The largest absolute Gasteiger partial charge is 0.361 e. The maximum absolute atomic E-state index is 13.3. The fourth-order valence-electron chi connectivity index (χ4n) is 3.96. The van der Waals surface area contributed by atoms with E-state index < -0.39 is 38.6 Å². The standard InChI is InChI=1S/C20H25N3O/c1-4-23(5-2)20(24)14-9-16-15-7-6-8-17-19(15)13(11-21-17)10-18(16)22(3)12-14/h6-9,11,14,18,21H,4-5,10,12H2,1-3H3/t14-,18-/m1/s1/i1D3,2D3,11D. The van der Waals surface area contributed by atoms with Crippen LogP contribution in [0.2, 0.25) is 0 Å². The zero-order valence-corrected chi connectivity index (χ0v) is 13.6. The Kier molecular flexibility index (Phi) is 2.27. The molecule has 4 nitrogen and oxygen atoms in total. The summed E-state index contributed by atoms with van der Waals surface area (Å²) in [6.45, 7) is -5.74. The Morgan fingerprint density at radius 2 is 2.29 bits per heavy atom. The quantitative estimate of drug-likeness (QED) is 0.940. The Labute approximate surface area is 153 Å². The second kappa shape index (κ2) is 5.78. The number of benzene rings is 1. The zero-order valence-electron chi connectivity index (χ0n) is 20.6. The smallest absolute Gasteiger partial charge is 0.230 e. The number of rotatable bonds is 3. The molecular formula is C20H25N3O. The lowest BCUT2D eigenvalue weighted by molar-refractivity contribution is -0.134. The average Bonchev–Trinajstić information content (AvgIpc) is 2.96. The predicted molar refractivity (Wildman–Crippen MR) is 97.8 cm³/mol. The van der Waals surface area contributed by atoms with E-state index in [1.807, 2.05) is 36.2 Å². The lowest BCUT2D eigenvalue weighted by atomic mass is 9.79. The Bertz CT molecular complexity index is 1040. The van der Waals surface area contributed by atoms with E-state index in [1.165, 1.54) is 0 Å². The van der Waals surface area contributed by atoms with E-state index in [9.17, 15) is 4.79 Å². The monoisotopic (exact) mass is 330 g/mol. The van der Waals surface area contributed by atoms with Gasteiger partial charge in [0.15, 0.2) is 0 Å². The van der Waals surface area contributed by atoms with E-state index in [2.05, 4.69) is 4.98 Å². The summed E-state index contributed by atoms with van der Waals surface area (Å²) in [5.74, 6) is -1.13. The van der Waals surface area contributed by atoms with Gasteiger partial charge in [-0.15, -0.1) is 0 Å². The van der Waals surface area contributed by atoms with Gasteiger partial charge in [-0.1, -0.05) is 18.2 Å². The second-order valence-corrected chi connectivity index (χ2v) is 6.54. The highest BCUT2D eigenvalue weighted by Crippen LogP contribution is 2.40. The summed E-state index contributed by atoms with van der Waals surface area (Å²) < 4.78 is 53.5. The fraction of sp³-hybridized carbons (Fsp3) is 0.450. The first-order chi connectivity index (χ1) is 14.3. The topological polar surface area (TPSA) is 39.3 Å².